The highest BCUT2D eigenvalue weighted by Crippen LogP contribution is 2.23. The molecule has 100 valence electrons. The first-order chi connectivity index (χ1) is 9.06. The average Bonchev–Trinajstić information content (AvgIpc) is 2.37. The van der Waals surface area contributed by atoms with Crippen molar-refractivity contribution in [3.8, 4) is 5.75 Å². The first-order valence-corrected chi connectivity index (χ1v) is 6.67. The van der Waals surface area contributed by atoms with Crippen LogP contribution in [0.2, 0.25) is 5.02 Å². The van der Waals surface area contributed by atoms with Crippen LogP contribution in [0.15, 0.2) is 42.5 Å². The zero-order valence-electron chi connectivity index (χ0n) is 11.2. The molecule has 0 aliphatic carbocycles. The van der Waals surface area contributed by atoms with Crippen LogP contribution in [0.5, 0.6) is 5.75 Å². The highest BCUT2D eigenvalue weighted by Gasteiger charge is 2.05. The lowest BCUT2D eigenvalue weighted by Crippen LogP contribution is -2.05. The fourth-order valence-corrected chi connectivity index (χ4v) is 2.12. The van der Waals surface area contributed by atoms with Gasteiger partial charge < -0.3 is 10.5 Å². The van der Waals surface area contributed by atoms with Crippen LogP contribution in [-0.4, -0.2) is 0 Å². The van der Waals surface area contributed by atoms with Crippen molar-refractivity contribution < 1.29 is 4.74 Å². The van der Waals surface area contributed by atoms with Crippen LogP contribution in [0, 0.1) is 6.92 Å². The monoisotopic (exact) mass is 275 g/mol. The Labute approximate surface area is 119 Å². The zero-order chi connectivity index (χ0) is 13.8. The lowest BCUT2D eigenvalue weighted by Gasteiger charge is -2.12. The molecule has 0 aliphatic heterocycles. The third kappa shape index (κ3) is 3.72. The second-order valence-corrected chi connectivity index (χ2v) is 5.17. The van der Waals surface area contributed by atoms with Gasteiger partial charge in [-0.2, -0.15) is 0 Å². The molecule has 2 nitrogen and oxygen atoms in total. The number of aryl methyl sites for hydroxylation is 1. The van der Waals surface area contributed by atoms with Gasteiger partial charge in [-0.05, 0) is 48.7 Å². The summed E-state index contributed by atoms with van der Waals surface area (Å²) in [6.45, 7) is 4.51. The number of hydrogen-bond donors (Lipinski definition) is 1. The van der Waals surface area contributed by atoms with Gasteiger partial charge in [-0.1, -0.05) is 35.9 Å². The largest absolute Gasteiger partial charge is 0.489 e. The van der Waals surface area contributed by atoms with Gasteiger partial charge in [0.05, 0.1) is 0 Å². The van der Waals surface area contributed by atoms with Crippen molar-refractivity contribution in [3.63, 3.8) is 0 Å². The molecule has 3 heteroatoms. The summed E-state index contributed by atoms with van der Waals surface area (Å²) in [5.41, 5.74) is 9.13. The van der Waals surface area contributed by atoms with E-state index in [0.29, 0.717) is 6.61 Å². The maximum absolute atomic E-state index is 5.94. The van der Waals surface area contributed by atoms with Gasteiger partial charge in [0, 0.05) is 11.1 Å². The molecule has 0 spiro atoms. The number of ether oxygens (including phenoxy) is 1. The summed E-state index contributed by atoms with van der Waals surface area (Å²) in [7, 11) is 0. The third-order valence-electron chi connectivity index (χ3n) is 3.01. The summed E-state index contributed by atoms with van der Waals surface area (Å²) in [5.74, 6) is 0.879. The second-order valence-electron chi connectivity index (χ2n) is 4.73. The van der Waals surface area contributed by atoms with Crippen LogP contribution in [0.25, 0.3) is 0 Å². The second kappa shape index (κ2) is 6.09. The molecule has 0 aliphatic rings. The molecule has 19 heavy (non-hydrogen) atoms. The first kappa shape index (κ1) is 13.9. The first-order valence-electron chi connectivity index (χ1n) is 6.29. The van der Waals surface area contributed by atoms with Gasteiger partial charge in [-0.15, -0.1) is 0 Å². The Morgan fingerprint density at radius 3 is 2.63 bits per heavy atom. The summed E-state index contributed by atoms with van der Waals surface area (Å²) in [6, 6.07) is 13.8. The van der Waals surface area contributed by atoms with Crippen molar-refractivity contribution in [2.45, 2.75) is 26.5 Å². The van der Waals surface area contributed by atoms with Crippen LogP contribution >= 0.6 is 11.6 Å². The number of halogens is 1. The molecule has 0 saturated heterocycles. The van der Waals surface area contributed by atoms with Gasteiger partial charge in [0.1, 0.15) is 12.4 Å². The van der Waals surface area contributed by atoms with E-state index in [1.165, 1.54) is 0 Å². The maximum Gasteiger partial charge on any atom is 0.122 e. The van der Waals surface area contributed by atoms with E-state index < -0.39 is 0 Å². The molecule has 0 bridgehead atoms. The molecule has 0 saturated carbocycles. The predicted molar refractivity (Wildman–Crippen MR) is 79.6 cm³/mol. The minimum Gasteiger partial charge on any atom is -0.489 e. The van der Waals surface area contributed by atoms with E-state index in [1.54, 1.807) is 0 Å². The fourth-order valence-electron chi connectivity index (χ4n) is 1.91. The molecule has 1 atom stereocenters. The van der Waals surface area contributed by atoms with Crippen molar-refractivity contribution in [2.24, 2.45) is 5.73 Å². The van der Waals surface area contributed by atoms with E-state index in [4.69, 9.17) is 22.1 Å². The lowest BCUT2D eigenvalue weighted by atomic mass is 10.1. The van der Waals surface area contributed by atoms with Gasteiger partial charge >= 0.3 is 0 Å². The highest BCUT2D eigenvalue weighted by molar-refractivity contribution is 6.30. The van der Waals surface area contributed by atoms with E-state index >= 15 is 0 Å². The summed E-state index contributed by atoms with van der Waals surface area (Å²) in [4.78, 5) is 0. The van der Waals surface area contributed by atoms with Gasteiger partial charge in [-0.3, -0.25) is 0 Å². The van der Waals surface area contributed by atoms with Crippen molar-refractivity contribution in [1.82, 2.24) is 0 Å². The molecule has 0 aromatic heterocycles. The van der Waals surface area contributed by atoms with Gasteiger partial charge in [0.25, 0.3) is 0 Å². The van der Waals surface area contributed by atoms with E-state index in [1.807, 2.05) is 50.2 Å². The average molecular weight is 276 g/mol. The van der Waals surface area contributed by atoms with Crippen molar-refractivity contribution in [2.75, 3.05) is 0 Å². The van der Waals surface area contributed by atoms with E-state index in [-0.39, 0.29) is 6.04 Å². The molecule has 2 N–H and O–H groups in total. The lowest BCUT2D eigenvalue weighted by molar-refractivity contribution is 0.304. The van der Waals surface area contributed by atoms with E-state index in [0.717, 1.165) is 27.5 Å². The Morgan fingerprint density at radius 1 is 1.21 bits per heavy atom. The molecule has 0 amide bonds. The molecule has 2 aromatic carbocycles. The Hall–Kier alpha value is -1.51. The molecule has 0 radical (unpaired) electrons. The van der Waals surface area contributed by atoms with Crippen molar-refractivity contribution >= 4 is 11.6 Å². The molecule has 0 unspecified atom stereocenters. The molecular formula is C16H18ClNO. The Morgan fingerprint density at radius 2 is 2.00 bits per heavy atom. The minimum atomic E-state index is 0.0423. The predicted octanol–water partition coefficient (Wildman–Crippen LogP) is 4.25. The molecule has 2 rings (SSSR count). The number of rotatable bonds is 4. The Kier molecular flexibility index (Phi) is 4.46. The van der Waals surface area contributed by atoms with E-state index in [9.17, 15) is 0 Å². The summed E-state index contributed by atoms with van der Waals surface area (Å²) < 4.78 is 5.81. The van der Waals surface area contributed by atoms with Crippen LogP contribution in [-0.2, 0) is 6.61 Å². The third-order valence-corrected chi connectivity index (χ3v) is 3.24. The SMILES string of the molecule is Cc1cc([C@@H](C)N)ccc1OCc1cccc(Cl)c1. The van der Waals surface area contributed by atoms with Gasteiger partial charge in [0.2, 0.25) is 0 Å². The van der Waals surface area contributed by atoms with E-state index in [2.05, 4.69) is 6.07 Å². The minimum absolute atomic E-state index is 0.0423. The maximum atomic E-state index is 5.94. The van der Waals surface area contributed by atoms with Gasteiger partial charge in [0.15, 0.2) is 0 Å². The summed E-state index contributed by atoms with van der Waals surface area (Å²) >= 11 is 5.94. The number of benzene rings is 2. The topological polar surface area (TPSA) is 35.2 Å². The summed E-state index contributed by atoms with van der Waals surface area (Å²) in [6.07, 6.45) is 0. The molecule has 0 fully saturated rings. The molecule has 2 aromatic rings. The normalized spacial score (nSPS) is 12.2. The van der Waals surface area contributed by atoms with Crippen molar-refractivity contribution in [3.05, 3.63) is 64.2 Å². The van der Waals surface area contributed by atoms with Crippen LogP contribution in [0.1, 0.15) is 29.7 Å². The number of hydrogen-bond acceptors (Lipinski definition) is 2. The van der Waals surface area contributed by atoms with Crippen LogP contribution < -0.4 is 10.5 Å². The van der Waals surface area contributed by atoms with Crippen molar-refractivity contribution in [1.29, 1.82) is 0 Å². The van der Waals surface area contributed by atoms with Crippen LogP contribution in [0.4, 0.5) is 0 Å². The molecular weight excluding hydrogens is 258 g/mol. The number of nitrogens with two attached hydrogens (primary N) is 1. The summed E-state index contributed by atoms with van der Waals surface area (Å²) in [5, 5.41) is 0.727. The Balaban J connectivity index is 2.07. The highest BCUT2D eigenvalue weighted by atomic mass is 35.5. The standard InChI is InChI=1S/C16H18ClNO/c1-11-8-14(12(2)18)6-7-16(11)19-10-13-4-3-5-15(17)9-13/h3-9,12H,10,18H2,1-2H3/t12-/m1/s1. The van der Waals surface area contributed by atoms with Gasteiger partial charge in [-0.25, -0.2) is 0 Å². The Bertz CT molecular complexity index is 566. The smallest absolute Gasteiger partial charge is 0.122 e. The fraction of sp³-hybridized carbons (Fsp3) is 0.250. The van der Waals surface area contributed by atoms with Crippen LogP contribution in [0.3, 0.4) is 0 Å². The molecule has 0 heterocycles. The zero-order valence-corrected chi connectivity index (χ0v) is 11.9. The quantitative estimate of drug-likeness (QED) is 0.905.